The predicted octanol–water partition coefficient (Wildman–Crippen LogP) is 2.80. The quantitative estimate of drug-likeness (QED) is 0.483. The second kappa shape index (κ2) is 5.88. The highest BCUT2D eigenvalue weighted by Crippen LogP contribution is 2.30. The number of rotatable bonds is 4. The zero-order chi connectivity index (χ0) is 13.1. The van der Waals surface area contributed by atoms with Crippen molar-refractivity contribution in [1.82, 2.24) is 14.9 Å². The first-order chi connectivity index (χ1) is 7.79. The second-order valence-corrected chi connectivity index (χ2v) is 4.96. The van der Waals surface area contributed by atoms with Gasteiger partial charge in [-0.25, -0.2) is 9.97 Å². The van der Waals surface area contributed by atoms with Gasteiger partial charge in [0.15, 0.2) is 5.69 Å². The molecule has 0 N–H and O–H groups in total. The van der Waals surface area contributed by atoms with Crippen LogP contribution in [0.4, 0.5) is 13.2 Å². The van der Waals surface area contributed by atoms with Crippen LogP contribution >= 0.6 is 23.4 Å². The molecule has 0 fully saturated rings. The molecule has 0 bridgehead atoms. The summed E-state index contributed by atoms with van der Waals surface area (Å²) in [5, 5.41) is -0.147. The molecule has 0 aliphatic carbocycles. The number of hydrogen-bond acceptors (Lipinski definition) is 4. The van der Waals surface area contributed by atoms with E-state index in [4.69, 9.17) is 11.6 Å². The summed E-state index contributed by atoms with van der Waals surface area (Å²) >= 11 is 6.67. The fourth-order valence-electron chi connectivity index (χ4n) is 0.949. The van der Waals surface area contributed by atoms with E-state index in [-0.39, 0.29) is 10.3 Å². The van der Waals surface area contributed by atoms with Gasteiger partial charge in [0, 0.05) is 18.4 Å². The zero-order valence-electron chi connectivity index (χ0n) is 9.25. The molecular weight excluding hydrogens is 275 g/mol. The van der Waals surface area contributed by atoms with Gasteiger partial charge < -0.3 is 4.90 Å². The summed E-state index contributed by atoms with van der Waals surface area (Å²) in [5.41, 5.74) is -1.01. The maximum atomic E-state index is 12.4. The fraction of sp³-hybridized carbons (Fsp3) is 0.556. The van der Waals surface area contributed by atoms with E-state index in [0.717, 1.165) is 12.6 Å². The average molecular weight is 286 g/mol. The molecule has 8 heteroatoms. The van der Waals surface area contributed by atoms with Gasteiger partial charge in [-0.05, 0) is 25.7 Å². The topological polar surface area (TPSA) is 29.0 Å². The maximum Gasteiger partial charge on any atom is 0.433 e. The maximum absolute atomic E-state index is 12.4. The van der Waals surface area contributed by atoms with Crippen molar-refractivity contribution in [3.63, 3.8) is 0 Å². The Morgan fingerprint density at radius 1 is 1.35 bits per heavy atom. The van der Waals surface area contributed by atoms with Gasteiger partial charge in [-0.3, -0.25) is 0 Å². The summed E-state index contributed by atoms with van der Waals surface area (Å²) in [6, 6.07) is 0.909. The Morgan fingerprint density at radius 3 is 2.53 bits per heavy atom. The Labute approximate surface area is 106 Å². The Balaban J connectivity index is 2.76. The molecule has 1 aromatic heterocycles. The van der Waals surface area contributed by atoms with Crippen LogP contribution in [0.25, 0.3) is 0 Å². The van der Waals surface area contributed by atoms with Crippen LogP contribution in [-0.2, 0) is 6.18 Å². The minimum Gasteiger partial charge on any atom is -0.309 e. The Hall–Kier alpha value is -0.530. The number of alkyl halides is 3. The molecule has 0 atom stereocenters. The van der Waals surface area contributed by atoms with Gasteiger partial charge in [0.2, 0.25) is 5.28 Å². The Morgan fingerprint density at radius 2 is 2.00 bits per heavy atom. The first-order valence-corrected chi connectivity index (χ1v) is 6.04. The van der Waals surface area contributed by atoms with E-state index >= 15 is 0 Å². The van der Waals surface area contributed by atoms with E-state index in [9.17, 15) is 13.2 Å². The molecule has 1 heterocycles. The molecular formula is C9H11ClF3N3S. The summed E-state index contributed by atoms with van der Waals surface area (Å²) in [4.78, 5) is 8.83. The molecule has 0 amide bonds. The fourth-order valence-corrected chi connectivity index (χ4v) is 2.19. The van der Waals surface area contributed by atoms with Crippen LogP contribution in [0.5, 0.6) is 0 Å². The highest BCUT2D eigenvalue weighted by molar-refractivity contribution is 7.99. The van der Waals surface area contributed by atoms with Gasteiger partial charge >= 0.3 is 6.18 Å². The molecule has 0 aromatic carbocycles. The van der Waals surface area contributed by atoms with Crippen molar-refractivity contribution in [3.8, 4) is 0 Å². The number of aromatic nitrogens is 2. The van der Waals surface area contributed by atoms with Crippen LogP contribution in [0.15, 0.2) is 11.1 Å². The molecule has 0 saturated carbocycles. The van der Waals surface area contributed by atoms with Crippen LogP contribution < -0.4 is 0 Å². The first kappa shape index (κ1) is 14.5. The summed E-state index contributed by atoms with van der Waals surface area (Å²) in [7, 11) is 3.77. The van der Waals surface area contributed by atoms with Crippen LogP contribution in [0.1, 0.15) is 5.69 Å². The molecule has 17 heavy (non-hydrogen) atoms. The van der Waals surface area contributed by atoms with Crippen LogP contribution in [0.3, 0.4) is 0 Å². The molecule has 0 radical (unpaired) electrons. The van der Waals surface area contributed by atoms with Crippen molar-refractivity contribution < 1.29 is 13.2 Å². The predicted molar refractivity (Wildman–Crippen MR) is 61.3 cm³/mol. The number of thioether (sulfide) groups is 1. The molecule has 0 spiro atoms. The Bertz CT molecular complexity index is 384. The van der Waals surface area contributed by atoms with Crippen LogP contribution in [0.2, 0.25) is 5.28 Å². The highest BCUT2D eigenvalue weighted by atomic mass is 35.5. The average Bonchev–Trinajstić information content (AvgIpc) is 2.14. The van der Waals surface area contributed by atoms with E-state index in [1.807, 2.05) is 19.0 Å². The summed E-state index contributed by atoms with van der Waals surface area (Å²) < 4.78 is 37.3. The molecule has 96 valence electrons. The van der Waals surface area contributed by atoms with E-state index in [1.54, 1.807) is 0 Å². The monoisotopic (exact) mass is 285 g/mol. The lowest BCUT2D eigenvalue weighted by Crippen LogP contribution is -2.15. The lowest BCUT2D eigenvalue weighted by Gasteiger charge is -2.10. The third kappa shape index (κ3) is 5.10. The Kier molecular flexibility index (Phi) is 5.03. The summed E-state index contributed by atoms with van der Waals surface area (Å²) in [6.45, 7) is 0.744. The summed E-state index contributed by atoms with van der Waals surface area (Å²) in [5.74, 6) is 0.637. The van der Waals surface area contributed by atoms with E-state index in [0.29, 0.717) is 5.75 Å². The van der Waals surface area contributed by atoms with Gasteiger partial charge in [-0.15, -0.1) is 11.8 Å². The standard InChI is InChI=1S/C9H11ClF3N3S/c1-16(2)3-4-17-7-5-6(9(11,12)13)14-8(10)15-7/h5H,3-4H2,1-2H3. The number of nitrogens with zero attached hydrogens (tertiary/aromatic N) is 3. The third-order valence-corrected chi connectivity index (χ3v) is 2.81. The smallest absolute Gasteiger partial charge is 0.309 e. The van der Waals surface area contributed by atoms with Gasteiger partial charge in [-0.1, -0.05) is 0 Å². The van der Waals surface area contributed by atoms with Crippen molar-refractivity contribution in [2.75, 3.05) is 26.4 Å². The molecule has 1 aromatic rings. The van der Waals surface area contributed by atoms with Gasteiger partial charge in [0.05, 0.1) is 0 Å². The first-order valence-electron chi connectivity index (χ1n) is 4.68. The minimum atomic E-state index is -4.50. The minimum absolute atomic E-state index is 0.235. The lowest BCUT2D eigenvalue weighted by molar-refractivity contribution is -0.141. The van der Waals surface area contributed by atoms with Gasteiger partial charge in [0.25, 0.3) is 0 Å². The van der Waals surface area contributed by atoms with E-state index in [2.05, 4.69) is 9.97 Å². The molecule has 0 aliphatic heterocycles. The van der Waals surface area contributed by atoms with Crippen molar-refractivity contribution in [2.45, 2.75) is 11.2 Å². The van der Waals surface area contributed by atoms with Crippen LogP contribution in [-0.4, -0.2) is 41.3 Å². The molecule has 1 rings (SSSR count). The van der Waals surface area contributed by atoms with Crippen molar-refractivity contribution >= 4 is 23.4 Å². The summed E-state index contributed by atoms with van der Waals surface area (Å²) in [6.07, 6.45) is -4.50. The van der Waals surface area contributed by atoms with E-state index < -0.39 is 11.9 Å². The highest BCUT2D eigenvalue weighted by Gasteiger charge is 2.33. The molecule has 0 aliphatic rings. The van der Waals surface area contributed by atoms with E-state index in [1.165, 1.54) is 11.8 Å². The molecule has 0 saturated heterocycles. The SMILES string of the molecule is CN(C)CCSc1cc(C(F)(F)F)nc(Cl)n1. The lowest BCUT2D eigenvalue weighted by atomic mass is 10.4. The number of hydrogen-bond donors (Lipinski definition) is 0. The third-order valence-electron chi connectivity index (χ3n) is 1.75. The number of halogens is 4. The van der Waals surface area contributed by atoms with Crippen molar-refractivity contribution in [3.05, 3.63) is 17.0 Å². The zero-order valence-corrected chi connectivity index (χ0v) is 10.8. The van der Waals surface area contributed by atoms with Gasteiger partial charge in [0.1, 0.15) is 5.03 Å². The largest absolute Gasteiger partial charge is 0.433 e. The normalized spacial score (nSPS) is 12.2. The van der Waals surface area contributed by atoms with Crippen LogP contribution in [0, 0.1) is 0 Å². The van der Waals surface area contributed by atoms with Crippen molar-refractivity contribution in [2.24, 2.45) is 0 Å². The molecule has 3 nitrogen and oxygen atoms in total. The second-order valence-electron chi connectivity index (χ2n) is 3.51. The van der Waals surface area contributed by atoms with Crippen molar-refractivity contribution in [1.29, 1.82) is 0 Å². The molecule has 0 unspecified atom stereocenters. The van der Waals surface area contributed by atoms with Gasteiger partial charge in [-0.2, -0.15) is 13.2 Å².